The fraction of sp³-hybridized carbons (Fsp3) is 0.500. The summed E-state index contributed by atoms with van der Waals surface area (Å²) >= 11 is 1.48. The van der Waals surface area contributed by atoms with Crippen molar-refractivity contribution in [3.05, 3.63) is 57.8 Å². The van der Waals surface area contributed by atoms with Crippen LogP contribution in [0.1, 0.15) is 52.7 Å². The van der Waals surface area contributed by atoms with Crippen LogP contribution in [0.3, 0.4) is 0 Å². The Morgan fingerprint density at radius 1 is 1.10 bits per heavy atom. The molecule has 1 aliphatic rings. The van der Waals surface area contributed by atoms with Crippen LogP contribution in [0.4, 0.5) is 0 Å². The van der Waals surface area contributed by atoms with E-state index in [0.29, 0.717) is 39.1 Å². The number of carbonyl (C=O) groups excluding carboxylic acids is 2. The summed E-state index contributed by atoms with van der Waals surface area (Å²) in [6.45, 7) is 3.92. The van der Waals surface area contributed by atoms with Crippen molar-refractivity contribution in [2.45, 2.75) is 45.6 Å². The summed E-state index contributed by atoms with van der Waals surface area (Å²) in [6.07, 6.45) is 3.98. The van der Waals surface area contributed by atoms with Crippen LogP contribution in [0.15, 0.2) is 42.5 Å². The standard InChI is InChI=1S/C24H31NO4S/c1-3-29-23(27)24(13-7-10-19-8-5-4-6-9-19)14-16-25(17-15-24)22(26)21-12-11-20(30-21)18-28-2/h4-6,8-9,11-12H,3,7,10,13-18H2,1-2H3. The molecule has 6 heteroatoms. The van der Waals surface area contributed by atoms with Crippen LogP contribution in [0.2, 0.25) is 0 Å². The number of methoxy groups -OCH3 is 1. The first-order chi connectivity index (χ1) is 14.6. The molecule has 5 nitrogen and oxygen atoms in total. The van der Waals surface area contributed by atoms with Crippen LogP contribution in [-0.2, 0) is 27.3 Å². The van der Waals surface area contributed by atoms with Crippen LogP contribution < -0.4 is 0 Å². The van der Waals surface area contributed by atoms with Gasteiger partial charge in [-0.25, -0.2) is 0 Å². The summed E-state index contributed by atoms with van der Waals surface area (Å²) in [5.74, 6) is -0.0623. The maximum atomic E-state index is 12.9. The molecule has 1 amide bonds. The van der Waals surface area contributed by atoms with Gasteiger partial charge in [0.1, 0.15) is 0 Å². The van der Waals surface area contributed by atoms with Gasteiger partial charge in [0.05, 0.1) is 23.5 Å². The van der Waals surface area contributed by atoms with Crippen LogP contribution in [0, 0.1) is 5.41 Å². The van der Waals surface area contributed by atoms with Gasteiger partial charge in [0.2, 0.25) is 0 Å². The van der Waals surface area contributed by atoms with Gasteiger partial charge in [-0.1, -0.05) is 30.3 Å². The number of amides is 1. The lowest BCUT2D eigenvalue weighted by atomic mass is 9.74. The predicted molar refractivity (Wildman–Crippen MR) is 119 cm³/mol. The fourth-order valence-electron chi connectivity index (χ4n) is 4.12. The molecule has 162 valence electrons. The quantitative estimate of drug-likeness (QED) is 0.542. The average molecular weight is 430 g/mol. The molecule has 0 aliphatic carbocycles. The van der Waals surface area contributed by atoms with E-state index in [-0.39, 0.29) is 11.9 Å². The summed E-state index contributed by atoms with van der Waals surface area (Å²) in [5.41, 5.74) is 0.798. The number of hydrogen-bond acceptors (Lipinski definition) is 5. The number of thiophene rings is 1. The highest BCUT2D eigenvalue weighted by Gasteiger charge is 2.43. The zero-order valence-corrected chi connectivity index (χ0v) is 18.7. The lowest BCUT2D eigenvalue weighted by Crippen LogP contribution is -2.47. The predicted octanol–water partition coefficient (Wildman–Crippen LogP) is 4.70. The van der Waals surface area contributed by atoms with Crippen molar-refractivity contribution >= 4 is 23.2 Å². The number of aryl methyl sites for hydroxylation is 1. The van der Waals surface area contributed by atoms with Gasteiger partial charge in [-0.05, 0) is 56.7 Å². The molecular weight excluding hydrogens is 398 g/mol. The van der Waals surface area contributed by atoms with Gasteiger partial charge in [-0.2, -0.15) is 0 Å². The van der Waals surface area contributed by atoms with Crippen LogP contribution >= 0.6 is 11.3 Å². The van der Waals surface area contributed by atoms with E-state index < -0.39 is 5.41 Å². The maximum Gasteiger partial charge on any atom is 0.312 e. The number of esters is 1. The molecule has 0 N–H and O–H groups in total. The van der Waals surface area contributed by atoms with Gasteiger partial charge in [-0.15, -0.1) is 11.3 Å². The van der Waals surface area contributed by atoms with Crippen LogP contribution in [-0.4, -0.2) is 43.6 Å². The summed E-state index contributed by atoms with van der Waals surface area (Å²) in [4.78, 5) is 29.4. The third-order valence-electron chi connectivity index (χ3n) is 5.84. The van der Waals surface area contributed by atoms with E-state index in [1.807, 2.05) is 42.2 Å². The smallest absolute Gasteiger partial charge is 0.312 e. The second kappa shape index (κ2) is 10.7. The second-order valence-corrected chi connectivity index (χ2v) is 9.00. The number of ether oxygens (including phenoxy) is 2. The molecule has 0 saturated carbocycles. The molecule has 30 heavy (non-hydrogen) atoms. The number of rotatable bonds is 9. The van der Waals surface area contributed by atoms with E-state index in [0.717, 1.165) is 29.0 Å². The molecule has 1 aromatic carbocycles. The number of hydrogen-bond donors (Lipinski definition) is 0. The molecule has 1 saturated heterocycles. The number of nitrogens with zero attached hydrogens (tertiary/aromatic N) is 1. The molecule has 1 aromatic heterocycles. The first kappa shape index (κ1) is 22.5. The Morgan fingerprint density at radius 2 is 1.83 bits per heavy atom. The average Bonchev–Trinajstić information content (AvgIpc) is 3.23. The zero-order chi connectivity index (χ0) is 21.4. The first-order valence-corrected chi connectivity index (χ1v) is 11.5. The summed E-state index contributed by atoms with van der Waals surface area (Å²) in [6, 6.07) is 14.2. The largest absolute Gasteiger partial charge is 0.466 e. The zero-order valence-electron chi connectivity index (χ0n) is 17.9. The van der Waals surface area contributed by atoms with Crippen LogP contribution in [0.25, 0.3) is 0 Å². The molecule has 0 radical (unpaired) electrons. The van der Waals surface area contributed by atoms with Crippen molar-refractivity contribution in [1.82, 2.24) is 4.90 Å². The number of likely N-dealkylation sites (tertiary alicyclic amines) is 1. The number of benzene rings is 1. The van der Waals surface area contributed by atoms with Crippen molar-refractivity contribution in [2.24, 2.45) is 5.41 Å². The Kier molecular flexibility index (Phi) is 8.05. The molecule has 0 bridgehead atoms. The molecule has 0 spiro atoms. The highest BCUT2D eigenvalue weighted by Crippen LogP contribution is 2.38. The molecule has 2 heterocycles. The second-order valence-electron chi connectivity index (χ2n) is 7.83. The Bertz CT molecular complexity index is 825. The Morgan fingerprint density at radius 3 is 2.50 bits per heavy atom. The van der Waals surface area contributed by atoms with Crippen molar-refractivity contribution < 1.29 is 19.1 Å². The van der Waals surface area contributed by atoms with Gasteiger partial charge in [-0.3, -0.25) is 9.59 Å². The molecule has 1 fully saturated rings. The topological polar surface area (TPSA) is 55.8 Å². The van der Waals surface area contributed by atoms with E-state index in [1.165, 1.54) is 16.9 Å². The third-order valence-corrected chi connectivity index (χ3v) is 6.89. The number of piperidine rings is 1. The normalized spacial score (nSPS) is 15.7. The molecular formula is C24H31NO4S. The van der Waals surface area contributed by atoms with E-state index in [9.17, 15) is 9.59 Å². The monoisotopic (exact) mass is 429 g/mol. The highest BCUT2D eigenvalue weighted by molar-refractivity contribution is 7.14. The summed E-state index contributed by atoms with van der Waals surface area (Å²) in [5, 5.41) is 0. The lowest BCUT2D eigenvalue weighted by molar-refractivity contribution is -0.159. The van der Waals surface area contributed by atoms with Crippen LogP contribution in [0.5, 0.6) is 0 Å². The van der Waals surface area contributed by atoms with Gasteiger partial charge in [0, 0.05) is 25.1 Å². The van der Waals surface area contributed by atoms with Crippen molar-refractivity contribution in [1.29, 1.82) is 0 Å². The summed E-state index contributed by atoms with van der Waals surface area (Å²) < 4.78 is 10.6. The minimum atomic E-state index is -0.488. The van der Waals surface area contributed by atoms with E-state index >= 15 is 0 Å². The first-order valence-electron chi connectivity index (χ1n) is 10.7. The van der Waals surface area contributed by atoms with E-state index in [2.05, 4.69) is 12.1 Å². The number of carbonyl (C=O) groups is 2. The Balaban J connectivity index is 1.61. The molecule has 0 atom stereocenters. The molecule has 2 aromatic rings. The highest BCUT2D eigenvalue weighted by atomic mass is 32.1. The minimum Gasteiger partial charge on any atom is -0.466 e. The minimum absolute atomic E-state index is 0.0455. The molecule has 1 aliphatic heterocycles. The van der Waals surface area contributed by atoms with Gasteiger partial charge in [0.15, 0.2) is 0 Å². The van der Waals surface area contributed by atoms with E-state index in [4.69, 9.17) is 9.47 Å². The van der Waals surface area contributed by atoms with Gasteiger partial charge < -0.3 is 14.4 Å². The third kappa shape index (κ3) is 5.49. The Labute approximate surface area is 183 Å². The maximum absolute atomic E-state index is 12.9. The SMILES string of the molecule is CCOC(=O)C1(CCCc2ccccc2)CCN(C(=O)c2ccc(COC)s2)CC1. The van der Waals surface area contributed by atoms with Gasteiger partial charge in [0.25, 0.3) is 5.91 Å². The van der Waals surface area contributed by atoms with Crippen molar-refractivity contribution in [3.63, 3.8) is 0 Å². The fourth-order valence-corrected chi connectivity index (χ4v) is 5.07. The van der Waals surface area contributed by atoms with Gasteiger partial charge >= 0.3 is 5.97 Å². The molecule has 3 rings (SSSR count). The lowest BCUT2D eigenvalue weighted by Gasteiger charge is -2.40. The summed E-state index contributed by atoms with van der Waals surface area (Å²) in [7, 11) is 1.65. The van der Waals surface area contributed by atoms with Crippen molar-refractivity contribution in [3.8, 4) is 0 Å². The van der Waals surface area contributed by atoms with Crippen molar-refractivity contribution in [2.75, 3.05) is 26.8 Å². The van der Waals surface area contributed by atoms with E-state index in [1.54, 1.807) is 7.11 Å². The molecule has 0 unspecified atom stereocenters. The Hall–Kier alpha value is -2.18.